The first-order chi connectivity index (χ1) is 12.8. The van der Waals surface area contributed by atoms with Crippen LogP contribution in [0, 0.1) is 0 Å². The molecular formula is C18H21N3O3S3. The highest BCUT2D eigenvalue weighted by Crippen LogP contribution is 2.30. The van der Waals surface area contributed by atoms with E-state index in [4.69, 9.17) is 0 Å². The number of carbonyl (C=O) groups is 1. The minimum absolute atomic E-state index is 0.000989. The Hall–Kier alpha value is -1.68. The summed E-state index contributed by atoms with van der Waals surface area (Å²) in [6, 6.07) is 8.43. The number of thiophene rings is 1. The van der Waals surface area contributed by atoms with E-state index in [2.05, 4.69) is 4.99 Å². The number of carbonyl (C=O) groups excluding carboxylic acids is 1. The van der Waals surface area contributed by atoms with E-state index >= 15 is 0 Å². The molecule has 0 aliphatic carbocycles. The first kappa shape index (κ1) is 20.1. The Labute approximate surface area is 168 Å². The highest BCUT2D eigenvalue weighted by molar-refractivity contribution is 8.14. The number of sulfonamides is 1. The predicted octanol–water partition coefficient (Wildman–Crippen LogP) is 3.19. The van der Waals surface area contributed by atoms with Gasteiger partial charge in [-0.25, -0.2) is 17.7 Å². The third kappa shape index (κ3) is 4.60. The van der Waals surface area contributed by atoms with Gasteiger partial charge in [-0.15, -0.1) is 0 Å². The molecule has 1 atom stereocenters. The van der Waals surface area contributed by atoms with Gasteiger partial charge in [0, 0.05) is 25.9 Å². The molecule has 1 saturated heterocycles. The van der Waals surface area contributed by atoms with Crippen LogP contribution in [0.25, 0.3) is 0 Å². The Kier molecular flexibility index (Phi) is 6.05. The zero-order chi connectivity index (χ0) is 19.6. The number of hydrogen-bond donors (Lipinski definition) is 0. The predicted molar refractivity (Wildman–Crippen MR) is 111 cm³/mol. The number of benzene rings is 1. The molecule has 0 saturated carbocycles. The highest BCUT2D eigenvalue weighted by atomic mass is 32.2. The van der Waals surface area contributed by atoms with E-state index in [0.717, 1.165) is 5.56 Å². The fourth-order valence-corrected chi connectivity index (χ4v) is 5.26. The molecule has 3 rings (SSSR count). The molecule has 27 heavy (non-hydrogen) atoms. The maximum absolute atomic E-state index is 12.7. The van der Waals surface area contributed by atoms with Gasteiger partial charge in [-0.3, -0.25) is 9.69 Å². The summed E-state index contributed by atoms with van der Waals surface area (Å²) in [7, 11) is -0.543. The Bertz CT molecular complexity index is 953. The number of amidine groups is 1. The van der Waals surface area contributed by atoms with Gasteiger partial charge in [-0.2, -0.15) is 11.3 Å². The molecule has 2 aromatic rings. The first-order valence-electron chi connectivity index (χ1n) is 8.37. The zero-order valence-electron chi connectivity index (χ0n) is 15.3. The number of hydrogen-bond acceptors (Lipinski definition) is 6. The van der Waals surface area contributed by atoms with Crippen LogP contribution < -0.4 is 0 Å². The fourth-order valence-electron chi connectivity index (χ4n) is 2.61. The summed E-state index contributed by atoms with van der Waals surface area (Å²) < 4.78 is 25.8. The van der Waals surface area contributed by atoms with Crippen molar-refractivity contribution >= 4 is 49.9 Å². The van der Waals surface area contributed by atoms with Gasteiger partial charge in [0.2, 0.25) is 15.9 Å². The van der Waals surface area contributed by atoms with Crippen molar-refractivity contribution in [3.05, 3.63) is 46.7 Å². The van der Waals surface area contributed by atoms with E-state index in [1.807, 2.05) is 23.8 Å². The molecule has 1 fully saturated rings. The Morgan fingerprint density at radius 2 is 2.11 bits per heavy atom. The average Bonchev–Trinajstić information content (AvgIpc) is 3.24. The second-order valence-corrected chi connectivity index (χ2v) is 10.8. The summed E-state index contributed by atoms with van der Waals surface area (Å²) in [4.78, 5) is 19.2. The van der Waals surface area contributed by atoms with Crippen molar-refractivity contribution in [3.63, 3.8) is 0 Å². The van der Waals surface area contributed by atoms with Crippen LogP contribution in [0.3, 0.4) is 0 Å². The minimum Gasteiger partial charge on any atom is -0.290 e. The van der Waals surface area contributed by atoms with Gasteiger partial charge in [-0.1, -0.05) is 24.8 Å². The number of thioether (sulfide) groups is 1. The van der Waals surface area contributed by atoms with Crippen molar-refractivity contribution in [2.75, 3.05) is 20.6 Å². The van der Waals surface area contributed by atoms with E-state index in [0.29, 0.717) is 23.8 Å². The van der Waals surface area contributed by atoms with Crippen molar-refractivity contribution in [3.8, 4) is 0 Å². The smallest absolute Gasteiger partial charge is 0.242 e. The third-order valence-corrected chi connectivity index (χ3v) is 7.65. The van der Waals surface area contributed by atoms with Gasteiger partial charge in [0.25, 0.3) is 0 Å². The second-order valence-electron chi connectivity index (χ2n) is 6.42. The standard InChI is InChI=1S/C18H21N3O3S3/c1-13-11-21(17(22)9-14-7-8-25-12-14)18(26-13)19-15-5-4-6-16(10-15)27(23,24)20(2)3/h4-8,10,12-13H,9,11H2,1-3H3. The highest BCUT2D eigenvalue weighted by Gasteiger charge is 2.30. The zero-order valence-corrected chi connectivity index (χ0v) is 17.8. The van der Waals surface area contributed by atoms with Gasteiger partial charge in [0.15, 0.2) is 5.17 Å². The lowest BCUT2D eigenvalue weighted by Gasteiger charge is -2.16. The molecule has 1 aromatic carbocycles. The maximum Gasteiger partial charge on any atom is 0.242 e. The molecule has 1 aliphatic rings. The Morgan fingerprint density at radius 1 is 1.33 bits per heavy atom. The summed E-state index contributed by atoms with van der Waals surface area (Å²) in [6.07, 6.45) is 0.338. The summed E-state index contributed by atoms with van der Waals surface area (Å²) >= 11 is 3.09. The molecule has 6 nitrogen and oxygen atoms in total. The van der Waals surface area contributed by atoms with E-state index in [-0.39, 0.29) is 16.1 Å². The number of aliphatic imine (C=N–C) groups is 1. The summed E-state index contributed by atoms with van der Waals surface area (Å²) in [6.45, 7) is 2.65. The van der Waals surface area contributed by atoms with Gasteiger partial charge >= 0.3 is 0 Å². The van der Waals surface area contributed by atoms with E-state index in [1.165, 1.54) is 36.2 Å². The second kappa shape index (κ2) is 8.14. The number of amides is 1. The SMILES string of the molecule is CC1CN(C(=O)Cc2ccsc2)C(=Nc2cccc(S(=O)(=O)N(C)C)c2)S1. The van der Waals surface area contributed by atoms with Crippen molar-refractivity contribution in [1.29, 1.82) is 0 Å². The van der Waals surface area contributed by atoms with Crippen LogP contribution in [0.4, 0.5) is 5.69 Å². The first-order valence-corrected chi connectivity index (χ1v) is 11.6. The fraction of sp³-hybridized carbons (Fsp3) is 0.333. The molecule has 9 heteroatoms. The quantitative estimate of drug-likeness (QED) is 0.741. The molecule has 0 radical (unpaired) electrons. The molecule has 1 aliphatic heterocycles. The normalized spacial score (nSPS) is 19.2. The van der Waals surface area contributed by atoms with Crippen LogP contribution in [0.5, 0.6) is 0 Å². The van der Waals surface area contributed by atoms with Gasteiger partial charge in [0.05, 0.1) is 17.0 Å². The molecule has 2 heterocycles. The average molecular weight is 424 g/mol. The van der Waals surface area contributed by atoms with Crippen molar-refractivity contribution in [1.82, 2.24) is 9.21 Å². The van der Waals surface area contributed by atoms with Crippen LogP contribution in [-0.4, -0.2) is 54.6 Å². The minimum atomic E-state index is -3.53. The van der Waals surface area contributed by atoms with Crippen LogP contribution >= 0.6 is 23.1 Å². The van der Waals surface area contributed by atoms with E-state index in [1.54, 1.807) is 34.4 Å². The molecule has 1 aromatic heterocycles. The van der Waals surface area contributed by atoms with Crippen LogP contribution in [0.1, 0.15) is 12.5 Å². The van der Waals surface area contributed by atoms with Crippen LogP contribution in [0.15, 0.2) is 51.0 Å². The van der Waals surface area contributed by atoms with Crippen molar-refractivity contribution in [2.24, 2.45) is 4.99 Å². The lowest BCUT2D eigenvalue weighted by molar-refractivity contribution is -0.126. The largest absolute Gasteiger partial charge is 0.290 e. The summed E-state index contributed by atoms with van der Waals surface area (Å²) in [5.74, 6) is 0.000989. The van der Waals surface area contributed by atoms with E-state index < -0.39 is 10.0 Å². The summed E-state index contributed by atoms with van der Waals surface area (Å²) in [5.41, 5.74) is 1.51. The number of rotatable bonds is 5. The molecule has 1 amide bonds. The van der Waals surface area contributed by atoms with Gasteiger partial charge in [0.1, 0.15) is 0 Å². The van der Waals surface area contributed by atoms with Gasteiger partial charge in [-0.05, 0) is 40.6 Å². The Morgan fingerprint density at radius 3 is 2.78 bits per heavy atom. The van der Waals surface area contributed by atoms with Crippen molar-refractivity contribution in [2.45, 2.75) is 23.5 Å². The number of nitrogens with zero attached hydrogens (tertiary/aromatic N) is 3. The molecule has 0 bridgehead atoms. The lowest BCUT2D eigenvalue weighted by Crippen LogP contribution is -2.33. The lowest BCUT2D eigenvalue weighted by atomic mass is 10.2. The third-order valence-electron chi connectivity index (χ3n) is 4.03. The van der Waals surface area contributed by atoms with Gasteiger partial charge < -0.3 is 0 Å². The topological polar surface area (TPSA) is 70.0 Å². The monoisotopic (exact) mass is 423 g/mol. The van der Waals surface area contributed by atoms with Crippen LogP contribution in [-0.2, 0) is 21.2 Å². The van der Waals surface area contributed by atoms with E-state index in [9.17, 15) is 13.2 Å². The molecule has 144 valence electrons. The van der Waals surface area contributed by atoms with Crippen LogP contribution in [0.2, 0.25) is 0 Å². The molecular weight excluding hydrogens is 402 g/mol. The molecule has 0 spiro atoms. The molecule has 1 unspecified atom stereocenters. The van der Waals surface area contributed by atoms with Crippen molar-refractivity contribution < 1.29 is 13.2 Å². The maximum atomic E-state index is 12.7. The Balaban J connectivity index is 1.87. The summed E-state index contributed by atoms with van der Waals surface area (Å²) in [5, 5.41) is 4.78. The molecule has 0 N–H and O–H groups in total.